The van der Waals surface area contributed by atoms with Gasteiger partial charge in [0.15, 0.2) is 0 Å². The van der Waals surface area contributed by atoms with E-state index in [2.05, 4.69) is 14.8 Å². The van der Waals surface area contributed by atoms with E-state index in [1.807, 2.05) is 13.8 Å². The number of esters is 1. The molecular weight excluding hydrogens is 645 g/mol. The van der Waals surface area contributed by atoms with Crippen molar-refractivity contribution in [3.8, 4) is 5.75 Å². The van der Waals surface area contributed by atoms with Gasteiger partial charge in [-0.3, -0.25) is 24.2 Å². The molecule has 15 nitrogen and oxygen atoms in total. The number of phosphoric acid groups is 1. The Morgan fingerprint density at radius 1 is 1.02 bits per heavy atom. The fraction of sp³-hybridized carbons (Fsp3) is 0.344. The lowest BCUT2D eigenvalue weighted by Crippen LogP contribution is -2.38. The highest BCUT2D eigenvalue weighted by atomic mass is 31.2. The lowest BCUT2D eigenvalue weighted by molar-refractivity contribution is -0.151. The summed E-state index contributed by atoms with van der Waals surface area (Å²) in [6, 6.07) is 10.5. The minimum Gasteiger partial charge on any atom is -0.428 e. The van der Waals surface area contributed by atoms with Gasteiger partial charge in [-0.15, -0.1) is 0 Å². The quantitative estimate of drug-likeness (QED) is 0.0625. The lowest BCUT2D eigenvalue weighted by Gasteiger charge is -2.19. The molecule has 0 atom stereocenters. The number of nitrogens with two attached hydrogens (primary N) is 1. The zero-order valence-corrected chi connectivity index (χ0v) is 28.3. The Balaban J connectivity index is 1.69. The number of phosphoric ester groups is 1. The van der Waals surface area contributed by atoms with E-state index in [4.69, 9.17) is 25.0 Å². The van der Waals surface area contributed by atoms with E-state index < -0.39 is 32.6 Å². The largest absolute Gasteiger partial charge is 0.524 e. The highest BCUT2D eigenvalue weighted by Gasteiger charge is 2.28. The van der Waals surface area contributed by atoms with Gasteiger partial charge >= 0.3 is 19.9 Å². The van der Waals surface area contributed by atoms with Crippen LogP contribution in [0.15, 0.2) is 53.7 Å². The molecule has 3 rings (SSSR count). The number of aliphatic imine (C=N–C) groups is 1. The van der Waals surface area contributed by atoms with Crippen molar-refractivity contribution in [2.24, 2.45) is 17.8 Å². The first-order valence-electron chi connectivity index (χ1n) is 15.0. The maximum Gasteiger partial charge on any atom is 0.524 e. The van der Waals surface area contributed by atoms with Crippen LogP contribution in [0.5, 0.6) is 5.75 Å². The Hall–Kier alpha value is -4.98. The molecule has 0 aliphatic heterocycles. The molecule has 258 valence electrons. The first kappa shape index (κ1) is 37.5. The summed E-state index contributed by atoms with van der Waals surface area (Å²) in [7, 11) is -3.03. The van der Waals surface area contributed by atoms with Crippen LogP contribution in [0, 0.1) is 13.8 Å². The van der Waals surface area contributed by atoms with Gasteiger partial charge in [0.05, 0.1) is 23.4 Å². The number of amides is 3. The minimum atomic E-state index is -4.72. The number of carbonyl (C=O) groups excluding carboxylic acids is 4. The third kappa shape index (κ3) is 10.3. The molecule has 0 spiro atoms. The summed E-state index contributed by atoms with van der Waals surface area (Å²) in [4.78, 5) is 74.4. The first-order valence-corrected chi connectivity index (χ1v) is 16.6. The van der Waals surface area contributed by atoms with Gasteiger partial charge in [0, 0.05) is 31.9 Å². The monoisotopic (exact) mass is 685 g/mol. The Morgan fingerprint density at radius 3 is 2.33 bits per heavy atom. The molecule has 1 heterocycles. The van der Waals surface area contributed by atoms with Crippen molar-refractivity contribution < 1.29 is 47.5 Å². The van der Waals surface area contributed by atoms with Gasteiger partial charge in [0.2, 0.25) is 6.79 Å². The van der Waals surface area contributed by atoms with Crippen molar-refractivity contribution in [3.05, 3.63) is 82.2 Å². The molecule has 0 unspecified atom stereocenters. The van der Waals surface area contributed by atoms with E-state index in [1.54, 1.807) is 43.7 Å². The number of aromatic nitrogens is 1. The third-order valence-corrected chi connectivity index (χ3v) is 7.42. The van der Waals surface area contributed by atoms with Crippen LogP contribution < -0.4 is 15.6 Å². The van der Waals surface area contributed by atoms with E-state index in [-0.39, 0.29) is 36.0 Å². The van der Waals surface area contributed by atoms with Crippen LogP contribution in [0.4, 0.5) is 10.5 Å². The second-order valence-corrected chi connectivity index (χ2v) is 11.9. The molecule has 0 aliphatic rings. The zero-order chi connectivity index (χ0) is 35.6. The Kier molecular flexibility index (Phi) is 13.1. The Bertz CT molecular complexity index is 1730. The van der Waals surface area contributed by atoms with Gasteiger partial charge in [-0.1, -0.05) is 32.0 Å². The number of aryl methyl sites for hydroxylation is 2. The van der Waals surface area contributed by atoms with E-state index in [1.165, 1.54) is 30.5 Å². The predicted octanol–water partition coefficient (Wildman–Crippen LogP) is 4.02. The van der Waals surface area contributed by atoms with Crippen LogP contribution in [0.1, 0.15) is 69.8 Å². The fourth-order valence-electron chi connectivity index (χ4n) is 4.62. The SMILES string of the molecule is CCCNC(=O)c1ccc(C)c(N=C(N)c2c(C)c(C(=O)N(CCC)C(=O)OCOC(=O)Cc3ccc(OP(=O)(O)O)cc3)cn2C)c1. The average Bonchev–Trinajstić information content (AvgIpc) is 3.32. The van der Waals surface area contributed by atoms with Gasteiger partial charge in [0.1, 0.15) is 11.6 Å². The Morgan fingerprint density at radius 2 is 1.71 bits per heavy atom. The molecule has 3 amide bonds. The number of ether oxygens (including phenoxy) is 2. The van der Waals surface area contributed by atoms with Crippen LogP contribution >= 0.6 is 7.82 Å². The summed E-state index contributed by atoms with van der Waals surface area (Å²) in [5.74, 6) is -1.61. The summed E-state index contributed by atoms with van der Waals surface area (Å²) < 4.78 is 27.1. The van der Waals surface area contributed by atoms with Crippen LogP contribution in [0.25, 0.3) is 0 Å². The van der Waals surface area contributed by atoms with Crippen molar-refractivity contribution in [3.63, 3.8) is 0 Å². The smallest absolute Gasteiger partial charge is 0.428 e. The molecule has 0 bridgehead atoms. The molecule has 3 aromatic rings. The van der Waals surface area contributed by atoms with Crippen molar-refractivity contribution >= 4 is 43.2 Å². The summed E-state index contributed by atoms with van der Waals surface area (Å²) in [6.45, 7) is 7.05. The summed E-state index contributed by atoms with van der Waals surface area (Å²) in [5, 5.41) is 2.83. The van der Waals surface area contributed by atoms with Gasteiger partial charge in [-0.2, -0.15) is 0 Å². The van der Waals surface area contributed by atoms with E-state index in [0.29, 0.717) is 41.0 Å². The van der Waals surface area contributed by atoms with Crippen LogP contribution in [0.3, 0.4) is 0 Å². The van der Waals surface area contributed by atoms with Crippen molar-refractivity contribution in [1.29, 1.82) is 0 Å². The molecule has 0 saturated heterocycles. The maximum atomic E-state index is 13.6. The van der Waals surface area contributed by atoms with E-state index >= 15 is 0 Å². The van der Waals surface area contributed by atoms with E-state index in [0.717, 1.165) is 16.9 Å². The Labute approximate surface area is 277 Å². The highest BCUT2D eigenvalue weighted by molar-refractivity contribution is 7.46. The highest BCUT2D eigenvalue weighted by Crippen LogP contribution is 2.37. The number of imide groups is 1. The first-order chi connectivity index (χ1) is 22.6. The predicted molar refractivity (Wildman–Crippen MR) is 176 cm³/mol. The summed E-state index contributed by atoms with van der Waals surface area (Å²) >= 11 is 0. The van der Waals surface area contributed by atoms with Gasteiger partial charge < -0.3 is 29.6 Å². The van der Waals surface area contributed by atoms with Crippen LogP contribution in [0.2, 0.25) is 0 Å². The topological polar surface area (TPSA) is 212 Å². The standard InChI is InChI=1S/C32H40N5O10P/c1-6-14-34-30(39)23-11-8-20(3)26(17-23)35-29(33)28-21(4)25(18-36(28)5)31(40)37(15-7-2)32(41)46-19-45-27(38)16-22-9-12-24(13-10-22)47-48(42,43)44/h8-13,17-18H,6-7,14-16,19H2,1-5H3,(H2,33,35)(H,34,39)(H2,42,43,44). The van der Waals surface area contributed by atoms with Crippen LogP contribution in [-0.4, -0.2) is 68.8 Å². The minimum absolute atomic E-state index is 0.0218. The normalized spacial score (nSPS) is 11.5. The number of amidine groups is 1. The summed E-state index contributed by atoms with van der Waals surface area (Å²) in [6.07, 6.45) is 1.50. The van der Waals surface area contributed by atoms with E-state index in [9.17, 15) is 23.7 Å². The molecule has 2 aromatic carbocycles. The molecule has 0 saturated carbocycles. The average molecular weight is 686 g/mol. The molecule has 48 heavy (non-hydrogen) atoms. The zero-order valence-electron chi connectivity index (χ0n) is 27.4. The van der Waals surface area contributed by atoms with Gasteiger partial charge in [-0.05, 0) is 67.6 Å². The number of hydrogen-bond donors (Lipinski definition) is 4. The lowest BCUT2D eigenvalue weighted by atomic mass is 10.1. The second kappa shape index (κ2) is 16.7. The molecule has 0 radical (unpaired) electrons. The van der Waals surface area contributed by atoms with Crippen molar-refractivity contribution in [2.75, 3.05) is 19.9 Å². The fourth-order valence-corrected chi connectivity index (χ4v) is 5.02. The molecule has 5 N–H and O–H groups in total. The number of carbonyl (C=O) groups is 4. The number of rotatable bonds is 14. The molecule has 1 aromatic heterocycles. The van der Waals surface area contributed by atoms with Crippen LogP contribution in [-0.2, 0) is 32.3 Å². The number of hydrogen-bond acceptors (Lipinski definition) is 9. The molecule has 0 fully saturated rings. The summed E-state index contributed by atoms with van der Waals surface area (Å²) in [5.41, 5.74) is 9.67. The molecule has 16 heteroatoms. The number of benzene rings is 2. The van der Waals surface area contributed by atoms with Crippen molar-refractivity contribution in [2.45, 2.75) is 47.0 Å². The van der Waals surface area contributed by atoms with Crippen molar-refractivity contribution in [1.82, 2.24) is 14.8 Å². The maximum absolute atomic E-state index is 13.6. The number of nitrogens with zero attached hydrogens (tertiary/aromatic N) is 3. The third-order valence-electron chi connectivity index (χ3n) is 6.97. The van der Waals surface area contributed by atoms with Gasteiger partial charge in [0.25, 0.3) is 11.8 Å². The number of nitrogens with one attached hydrogen (secondary N) is 1. The molecule has 0 aliphatic carbocycles. The second-order valence-electron chi connectivity index (χ2n) is 10.8. The molecular formula is C32H40N5O10P. The van der Waals surface area contributed by atoms with Gasteiger partial charge in [-0.25, -0.2) is 19.3 Å².